The summed E-state index contributed by atoms with van der Waals surface area (Å²) in [5.74, 6) is -2.45. The van der Waals surface area contributed by atoms with Crippen LogP contribution in [0.4, 0.5) is 8.78 Å². The molecule has 2 heterocycles. The van der Waals surface area contributed by atoms with Crippen molar-refractivity contribution >= 4 is 27.5 Å². The second-order valence-electron chi connectivity index (χ2n) is 7.13. The van der Waals surface area contributed by atoms with Crippen molar-refractivity contribution in [1.82, 2.24) is 9.97 Å². The first-order valence-electron chi connectivity index (χ1n) is 9.04. The number of nitrogens with one attached hydrogen (secondary N) is 1. The number of aromatic amines is 1. The van der Waals surface area contributed by atoms with Crippen LogP contribution in [0.3, 0.4) is 0 Å². The van der Waals surface area contributed by atoms with E-state index < -0.39 is 29.3 Å². The standard InChI is InChI=1S/C20H18F2N2O3S/c1-9-6-7-11-14(8-9)28-19-15(11)18(25)23-17(24-19)10(2)27-20(26)16-12(21)4-3-5-13(16)22/h3-5,9-10H,6-8H2,1-2H3,(H,23,24,25)/t9-,10-/m0/s1. The minimum absolute atomic E-state index is 0.147. The highest BCUT2D eigenvalue weighted by atomic mass is 32.1. The molecular weight excluding hydrogens is 386 g/mol. The van der Waals surface area contributed by atoms with Crippen LogP contribution in [0.2, 0.25) is 0 Å². The molecule has 8 heteroatoms. The van der Waals surface area contributed by atoms with E-state index >= 15 is 0 Å². The fraction of sp³-hybridized carbons (Fsp3) is 0.350. The number of hydrogen-bond acceptors (Lipinski definition) is 5. The van der Waals surface area contributed by atoms with Crippen LogP contribution in [0.15, 0.2) is 23.0 Å². The van der Waals surface area contributed by atoms with Crippen molar-refractivity contribution in [1.29, 1.82) is 0 Å². The fourth-order valence-electron chi connectivity index (χ4n) is 3.53. The largest absolute Gasteiger partial charge is 0.451 e. The molecule has 0 aliphatic heterocycles. The third-order valence-corrected chi connectivity index (χ3v) is 6.17. The Bertz CT molecular complexity index is 1120. The van der Waals surface area contributed by atoms with Gasteiger partial charge in [-0.2, -0.15) is 0 Å². The molecule has 0 radical (unpaired) electrons. The van der Waals surface area contributed by atoms with Crippen LogP contribution in [0.5, 0.6) is 0 Å². The highest BCUT2D eigenvalue weighted by molar-refractivity contribution is 7.18. The molecule has 3 aromatic rings. The zero-order valence-electron chi connectivity index (χ0n) is 15.3. The third-order valence-electron chi connectivity index (χ3n) is 5.02. The van der Waals surface area contributed by atoms with E-state index in [2.05, 4.69) is 16.9 Å². The second kappa shape index (κ2) is 7.09. The van der Waals surface area contributed by atoms with Crippen LogP contribution in [-0.4, -0.2) is 15.9 Å². The molecule has 0 bridgehead atoms. The molecule has 28 heavy (non-hydrogen) atoms. The molecule has 0 spiro atoms. The minimum atomic E-state index is -1.15. The van der Waals surface area contributed by atoms with Gasteiger partial charge in [0.1, 0.15) is 22.0 Å². The van der Waals surface area contributed by atoms with Crippen LogP contribution < -0.4 is 5.56 Å². The first kappa shape index (κ1) is 18.7. The van der Waals surface area contributed by atoms with Gasteiger partial charge in [-0.15, -0.1) is 11.3 Å². The number of carbonyl (C=O) groups excluding carboxylic acids is 1. The molecule has 2 atom stereocenters. The maximum atomic E-state index is 13.8. The van der Waals surface area contributed by atoms with Crippen LogP contribution in [0.25, 0.3) is 10.2 Å². The Kier molecular flexibility index (Phi) is 4.74. The summed E-state index contributed by atoms with van der Waals surface area (Å²) in [4.78, 5) is 33.7. The molecule has 1 aromatic carbocycles. The molecular formula is C20H18F2N2O3S. The van der Waals surface area contributed by atoms with E-state index in [0.717, 1.165) is 43.0 Å². The molecule has 0 amide bonds. The smallest absolute Gasteiger partial charge is 0.344 e. The van der Waals surface area contributed by atoms with Gasteiger partial charge in [0.2, 0.25) is 0 Å². The Labute approximate surface area is 163 Å². The molecule has 5 nitrogen and oxygen atoms in total. The number of esters is 1. The van der Waals surface area contributed by atoms with Gasteiger partial charge in [-0.25, -0.2) is 18.6 Å². The Morgan fingerprint density at radius 2 is 2.07 bits per heavy atom. The predicted octanol–water partition coefficient (Wildman–Crippen LogP) is 4.31. The molecule has 0 unspecified atom stereocenters. The average Bonchev–Trinajstić information content (AvgIpc) is 2.99. The van der Waals surface area contributed by atoms with Crippen molar-refractivity contribution < 1.29 is 18.3 Å². The van der Waals surface area contributed by atoms with E-state index in [1.54, 1.807) is 0 Å². The van der Waals surface area contributed by atoms with Crippen LogP contribution in [0.1, 0.15) is 53.0 Å². The molecule has 0 saturated heterocycles. The van der Waals surface area contributed by atoms with Gasteiger partial charge >= 0.3 is 5.97 Å². The summed E-state index contributed by atoms with van der Waals surface area (Å²) >= 11 is 1.48. The number of benzene rings is 1. The van der Waals surface area contributed by atoms with E-state index in [4.69, 9.17) is 4.74 Å². The zero-order chi connectivity index (χ0) is 20.0. The van der Waals surface area contributed by atoms with Crippen molar-refractivity contribution in [2.45, 2.75) is 39.2 Å². The highest BCUT2D eigenvalue weighted by Crippen LogP contribution is 2.36. The van der Waals surface area contributed by atoms with Crippen LogP contribution in [-0.2, 0) is 17.6 Å². The van der Waals surface area contributed by atoms with Crippen molar-refractivity contribution in [3.05, 3.63) is 62.0 Å². The van der Waals surface area contributed by atoms with E-state index in [-0.39, 0.29) is 11.4 Å². The first-order chi connectivity index (χ1) is 13.3. The lowest BCUT2D eigenvalue weighted by Gasteiger charge is -2.17. The van der Waals surface area contributed by atoms with E-state index in [9.17, 15) is 18.4 Å². The number of aryl methyl sites for hydroxylation is 1. The predicted molar refractivity (Wildman–Crippen MR) is 102 cm³/mol. The van der Waals surface area contributed by atoms with Crippen LogP contribution >= 0.6 is 11.3 Å². The molecule has 146 valence electrons. The van der Waals surface area contributed by atoms with Gasteiger partial charge in [-0.1, -0.05) is 13.0 Å². The van der Waals surface area contributed by atoms with Crippen molar-refractivity contribution in [3.8, 4) is 0 Å². The Morgan fingerprint density at radius 1 is 1.36 bits per heavy atom. The number of fused-ring (bicyclic) bond motifs is 3. The third kappa shape index (κ3) is 3.22. The number of hydrogen-bond donors (Lipinski definition) is 1. The lowest BCUT2D eigenvalue weighted by atomic mass is 9.89. The lowest BCUT2D eigenvalue weighted by molar-refractivity contribution is 0.0309. The number of halogens is 2. The van der Waals surface area contributed by atoms with Gasteiger partial charge in [0.25, 0.3) is 5.56 Å². The Balaban J connectivity index is 1.66. The van der Waals surface area contributed by atoms with Gasteiger partial charge in [0.05, 0.1) is 5.39 Å². The summed E-state index contributed by atoms with van der Waals surface area (Å²) in [5.41, 5.74) is 0.00171. The molecule has 1 aliphatic rings. The van der Waals surface area contributed by atoms with Gasteiger partial charge in [0.15, 0.2) is 11.9 Å². The van der Waals surface area contributed by atoms with Gasteiger partial charge in [-0.05, 0) is 49.8 Å². The van der Waals surface area contributed by atoms with E-state index in [0.29, 0.717) is 16.1 Å². The minimum Gasteiger partial charge on any atom is -0.451 e. The molecule has 0 saturated carbocycles. The summed E-state index contributed by atoms with van der Waals surface area (Å²) in [7, 11) is 0. The van der Waals surface area contributed by atoms with Crippen LogP contribution in [0, 0.1) is 17.6 Å². The highest BCUT2D eigenvalue weighted by Gasteiger charge is 2.26. The second-order valence-corrected chi connectivity index (χ2v) is 8.21. The molecule has 2 aromatic heterocycles. The SMILES string of the molecule is C[C@H]1CCc2c(sc3nc([C@H](C)OC(=O)c4c(F)cccc4F)[nH]c(=O)c23)C1. The van der Waals surface area contributed by atoms with E-state index in [1.165, 1.54) is 23.1 Å². The maximum absolute atomic E-state index is 13.8. The molecule has 1 N–H and O–H groups in total. The zero-order valence-corrected chi connectivity index (χ0v) is 16.2. The summed E-state index contributed by atoms with van der Waals surface area (Å²) in [5, 5.41) is 0.592. The molecule has 1 aliphatic carbocycles. The summed E-state index contributed by atoms with van der Waals surface area (Å²) in [6, 6.07) is 3.12. The number of ether oxygens (including phenoxy) is 1. The first-order valence-corrected chi connectivity index (χ1v) is 9.86. The molecule has 4 rings (SSSR count). The molecule has 0 fully saturated rings. The number of thiophene rings is 1. The fourth-order valence-corrected chi connectivity index (χ4v) is 4.92. The Morgan fingerprint density at radius 3 is 2.79 bits per heavy atom. The van der Waals surface area contributed by atoms with Crippen molar-refractivity contribution in [3.63, 3.8) is 0 Å². The van der Waals surface area contributed by atoms with Gasteiger partial charge in [-0.3, -0.25) is 4.79 Å². The van der Waals surface area contributed by atoms with Crippen molar-refractivity contribution in [2.75, 3.05) is 0 Å². The summed E-state index contributed by atoms with van der Waals surface area (Å²) in [6.07, 6.45) is 1.82. The quantitative estimate of drug-likeness (QED) is 0.661. The van der Waals surface area contributed by atoms with Crippen molar-refractivity contribution in [2.24, 2.45) is 5.92 Å². The number of rotatable bonds is 3. The van der Waals surface area contributed by atoms with Gasteiger partial charge in [0, 0.05) is 4.88 Å². The average molecular weight is 404 g/mol. The maximum Gasteiger partial charge on any atom is 0.344 e. The number of aromatic nitrogens is 2. The number of nitrogens with zero attached hydrogens (tertiary/aromatic N) is 1. The summed E-state index contributed by atoms with van der Waals surface area (Å²) < 4.78 is 32.7. The van der Waals surface area contributed by atoms with E-state index in [1.807, 2.05) is 0 Å². The van der Waals surface area contributed by atoms with Gasteiger partial charge < -0.3 is 9.72 Å². The topological polar surface area (TPSA) is 72.0 Å². The number of carbonyl (C=O) groups is 1. The monoisotopic (exact) mass is 404 g/mol. The Hall–Kier alpha value is -2.61. The number of H-pyrrole nitrogens is 1. The lowest BCUT2D eigenvalue weighted by Crippen LogP contribution is -2.19. The summed E-state index contributed by atoms with van der Waals surface area (Å²) in [6.45, 7) is 3.68. The normalized spacial score (nSPS) is 17.4.